The van der Waals surface area contributed by atoms with Gasteiger partial charge in [-0.25, -0.2) is 30.5 Å². The van der Waals surface area contributed by atoms with Crippen LogP contribution in [0.25, 0.3) is 0 Å². The van der Waals surface area contributed by atoms with Crippen LogP contribution >= 0.6 is 0 Å². The van der Waals surface area contributed by atoms with E-state index in [1.165, 1.54) is 21.1 Å². The molecule has 0 aromatic heterocycles. The van der Waals surface area contributed by atoms with Gasteiger partial charge in [0.2, 0.25) is 0 Å². The Hall–Kier alpha value is -2.74. The number of nitrogens with one attached hydrogen (secondary N) is 3. The first-order valence-corrected chi connectivity index (χ1v) is 37.6. The van der Waals surface area contributed by atoms with Crippen molar-refractivity contribution in [2.24, 2.45) is 11.8 Å². The number of aliphatic carboxylic acids is 2. The third-order valence-electron chi connectivity index (χ3n) is 14.1. The molecule has 5 aliphatic heterocycles. The van der Waals surface area contributed by atoms with E-state index in [0.717, 1.165) is 0 Å². The molecule has 0 amide bonds. The average Bonchev–Trinajstić information content (AvgIpc) is 0.768. The summed E-state index contributed by atoms with van der Waals surface area (Å²) in [7, 11) is -45.2. The lowest BCUT2D eigenvalue weighted by Crippen LogP contribution is -2.69. The maximum absolute atomic E-state index is 12.9. The lowest BCUT2D eigenvalue weighted by atomic mass is 9.88. The lowest BCUT2D eigenvalue weighted by Gasteiger charge is -2.48. The zero-order chi connectivity index (χ0) is 73.7. The number of ether oxygens (including phenoxy) is 10. The summed E-state index contributed by atoms with van der Waals surface area (Å²) < 4.78 is 349. The average molecular weight is 1590 g/mol. The molecule has 0 aliphatic carbocycles. The van der Waals surface area contributed by atoms with Crippen molar-refractivity contribution in [2.75, 3.05) is 59.5 Å². The van der Waals surface area contributed by atoms with Crippen molar-refractivity contribution in [3.05, 3.63) is 0 Å². The topological polar surface area (TPSA) is 805 Å². The van der Waals surface area contributed by atoms with E-state index in [-0.39, 0.29) is 6.61 Å². The summed E-state index contributed by atoms with van der Waals surface area (Å²) in [6.07, 6.45) is -50.4. The van der Waals surface area contributed by atoms with Gasteiger partial charge in [-0.1, -0.05) is 0 Å². The van der Waals surface area contributed by atoms with E-state index in [1.807, 2.05) is 0 Å². The molecule has 60 heteroatoms. The molecule has 0 spiro atoms. The number of hydrogen-bond donors (Lipinski definition) is 19. The maximum atomic E-state index is 12.9. The number of rotatable bonds is 36. The van der Waals surface area contributed by atoms with E-state index in [4.69, 9.17) is 51.9 Å². The van der Waals surface area contributed by atoms with Crippen molar-refractivity contribution in [1.82, 2.24) is 14.2 Å². The van der Waals surface area contributed by atoms with Crippen LogP contribution in [0.1, 0.15) is 6.92 Å². The second-order valence-electron chi connectivity index (χ2n) is 20.8. The van der Waals surface area contributed by atoms with Crippen molar-refractivity contribution in [3.63, 3.8) is 0 Å². The molecule has 0 aromatic rings. The van der Waals surface area contributed by atoms with E-state index in [2.05, 4.69) is 20.9 Å². The zero-order valence-electron chi connectivity index (χ0n) is 48.2. The summed E-state index contributed by atoms with van der Waals surface area (Å²) in [5.74, 6) is -8.84. The second-order valence-corrected chi connectivity index (χ2v) is 29.8. The quantitative estimate of drug-likeness (QED) is 0.0259. The van der Waals surface area contributed by atoms with Gasteiger partial charge in [-0.2, -0.15) is 81.5 Å². The Labute approximate surface area is 547 Å². The molecule has 0 bridgehead atoms. The predicted molar refractivity (Wildman–Crippen MR) is 290 cm³/mol. The summed E-state index contributed by atoms with van der Waals surface area (Å²) in [5.41, 5.74) is 0. The molecule has 570 valence electrons. The number of carboxylic acid groups (broad SMARTS) is 2. The van der Waals surface area contributed by atoms with Crippen molar-refractivity contribution >= 4 is 94.8 Å². The molecule has 0 saturated carbocycles. The highest BCUT2D eigenvalue weighted by Gasteiger charge is 2.58. The Morgan fingerprint density at radius 2 is 0.711 bits per heavy atom. The highest BCUT2D eigenvalue weighted by atomic mass is 32.3. The third-order valence-corrected chi connectivity index (χ3v) is 18.1. The summed E-state index contributed by atoms with van der Waals surface area (Å²) >= 11 is 0. The number of carbonyl (C=O) groups is 2. The molecule has 5 heterocycles. The summed E-state index contributed by atoms with van der Waals surface area (Å²) in [4.78, 5) is 25.6. The van der Waals surface area contributed by atoms with Crippen LogP contribution < -0.4 is 14.2 Å². The smallest absolute Gasteiger partial charge is 0.397 e. The van der Waals surface area contributed by atoms with Gasteiger partial charge < -0.3 is 88.2 Å². The summed E-state index contributed by atoms with van der Waals surface area (Å²) in [6, 6.07) is -7.06. The van der Waals surface area contributed by atoms with Gasteiger partial charge in [0.1, 0.15) is 79.4 Å². The molecule has 52 nitrogen and oxygen atoms in total. The molecule has 5 saturated heterocycles. The zero-order valence-corrected chi connectivity index (χ0v) is 54.7. The largest absolute Gasteiger partial charge is 0.479 e. The molecule has 10 unspecified atom stereocenters. The highest BCUT2D eigenvalue weighted by molar-refractivity contribution is 7.84. The maximum Gasteiger partial charge on any atom is 0.397 e. The summed E-state index contributed by atoms with van der Waals surface area (Å²) in [6.45, 7) is -9.26. The molecular formula is C37H65N3O49S8. The predicted octanol–water partition coefficient (Wildman–Crippen LogP) is -12.7. The van der Waals surface area contributed by atoms with E-state index >= 15 is 0 Å². The Balaban J connectivity index is 1.47. The first-order valence-electron chi connectivity index (χ1n) is 26.4. The van der Waals surface area contributed by atoms with Crippen LogP contribution in [0, 0.1) is 11.8 Å². The Bertz CT molecular complexity index is 3610. The molecular weight excluding hydrogens is 1530 g/mol. The van der Waals surface area contributed by atoms with E-state index in [1.54, 1.807) is 0 Å². The molecule has 25 atom stereocenters. The Morgan fingerprint density at radius 1 is 0.351 bits per heavy atom. The summed E-state index contributed by atoms with van der Waals surface area (Å²) in [5, 5.41) is 87.6. The molecule has 19 N–H and O–H groups in total. The van der Waals surface area contributed by atoms with Gasteiger partial charge in [0, 0.05) is 18.4 Å². The standard InChI is InChI=1S/C37H65N3O49S8/c1-2-75-5-13-20(39-91(54,55)56)26(45)30(17(82-13)9-79-94(63,64)65)86-37-33(89-97(72,73)74)23(42)12(29(85-37)35(49)50)4-77-7-15-21(40-92(57,58)59)32(88-96(69,70)71)31(18(83-15)10-80-95(66,67)68)87-36-27(46)22(41)11(28(84-36)34(47)48)3-76-6-14-19(38-90(51,52)53)25(44)24(43)16(81-14)8-78-93(60,61)62/h11-33,36-46H,2-10H2,1H3,(H,47,48)(H,49,50)(H,51,52,53)(H,54,55,56)(H,57,58,59)(H,60,61,62)(H,63,64,65)(H,66,67,68)(H,69,70,71)(H,72,73,74)/t11-,12-,13+,14+,15+,16?,17?,18?,19?,20?,21?,22+,23+,24+,25-,26-,27?,28?,29?,30+,31+,32-,33?,36-,37-/m0/s1. The van der Waals surface area contributed by atoms with Gasteiger partial charge in [-0.3, -0.25) is 36.4 Å². The number of carboxylic acids is 2. The van der Waals surface area contributed by atoms with E-state index < -0.39 is 300 Å². The molecule has 5 aliphatic rings. The second kappa shape index (κ2) is 33.8. The minimum atomic E-state index is -6.15. The number of aliphatic hydroxyl groups is 6. The first-order chi connectivity index (χ1) is 44.2. The third kappa shape index (κ3) is 26.2. The van der Waals surface area contributed by atoms with Gasteiger partial charge in [0.15, 0.2) is 30.9 Å². The van der Waals surface area contributed by atoms with E-state index in [9.17, 15) is 150 Å². The molecule has 5 fully saturated rings. The fourth-order valence-corrected chi connectivity index (χ4v) is 14.1. The van der Waals surface area contributed by atoms with Crippen LogP contribution in [0.4, 0.5) is 0 Å². The van der Waals surface area contributed by atoms with Gasteiger partial charge in [0.25, 0.3) is 0 Å². The Kier molecular flexibility index (Phi) is 29.6. The van der Waals surface area contributed by atoms with Gasteiger partial charge in [0.05, 0.1) is 83.2 Å². The van der Waals surface area contributed by atoms with Crippen molar-refractivity contribution < 1.29 is 222 Å². The van der Waals surface area contributed by atoms with Crippen LogP contribution in [-0.4, -0.2) is 357 Å². The van der Waals surface area contributed by atoms with Crippen molar-refractivity contribution in [1.29, 1.82) is 0 Å². The molecule has 0 radical (unpaired) electrons. The fraction of sp³-hybridized carbons (Fsp3) is 0.946. The van der Waals surface area contributed by atoms with Crippen LogP contribution in [0.15, 0.2) is 0 Å². The highest BCUT2D eigenvalue weighted by Crippen LogP contribution is 2.38. The monoisotopic (exact) mass is 1590 g/mol. The van der Waals surface area contributed by atoms with Crippen molar-refractivity contribution in [2.45, 2.75) is 148 Å². The van der Waals surface area contributed by atoms with Crippen LogP contribution in [-0.2, 0) is 161 Å². The van der Waals surface area contributed by atoms with E-state index in [0.29, 0.717) is 0 Å². The molecule has 5 rings (SSSR count). The number of hydrogen-bond acceptors (Lipinski definition) is 39. The van der Waals surface area contributed by atoms with Crippen LogP contribution in [0.5, 0.6) is 0 Å². The molecule has 0 aromatic carbocycles. The van der Waals surface area contributed by atoms with Gasteiger partial charge in [-0.15, -0.1) is 0 Å². The van der Waals surface area contributed by atoms with Gasteiger partial charge in [-0.05, 0) is 6.92 Å². The van der Waals surface area contributed by atoms with Gasteiger partial charge >= 0.3 is 94.8 Å². The van der Waals surface area contributed by atoms with Crippen molar-refractivity contribution in [3.8, 4) is 0 Å². The molecule has 97 heavy (non-hydrogen) atoms. The normalized spacial score (nSPS) is 37.0. The van der Waals surface area contributed by atoms with Crippen LogP contribution in [0.3, 0.4) is 0 Å². The minimum Gasteiger partial charge on any atom is -0.479 e. The fourth-order valence-electron chi connectivity index (χ4n) is 10.2. The number of aliphatic hydroxyl groups excluding tert-OH is 6. The van der Waals surface area contributed by atoms with Crippen LogP contribution in [0.2, 0.25) is 0 Å². The first kappa shape index (κ1) is 84.9. The minimum absolute atomic E-state index is 0.157. The lowest BCUT2D eigenvalue weighted by molar-refractivity contribution is -0.328. The SMILES string of the molecule is CCOC[C@H]1OC(COS(=O)(=O)O)[C@@H](O[C@@H]2OC(C(=O)O)[C@@H](COC[C@H]3OC(COS(=O)(=O)O)[C@@H](O[C@@H]4OC(C(=O)O)[C@@H](COC[C@H]5OC(COS(=O)(=O)O)[C@@H](O)[C@@H](O)C5NS(=O)(=O)O)[C@@H](O)C4O)[C@@H](OS(=O)(=O)O)C3NS(=O)(=O)O)[C@@H](O)C2OS(=O)(=O)O)[C@@H](O)C1NS(=O)(=O)O. The Morgan fingerprint density at radius 3 is 1.13 bits per heavy atom.